The highest BCUT2D eigenvalue weighted by molar-refractivity contribution is 7.15. The van der Waals surface area contributed by atoms with Crippen LogP contribution >= 0.6 is 11.3 Å². The summed E-state index contributed by atoms with van der Waals surface area (Å²) in [5, 5.41) is 0.433. The van der Waals surface area contributed by atoms with Crippen LogP contribution in [0.4, 0.5) is 18.3 Å². The van der Waals surface area contributed by atoms with Gasteiger partial charge in [-0.25, -0.2) is 4.98 Å². The second-order valence-corrected chi connectivity index (χ2v) is 5.42. The summed E-state index contributed by atoms with van der Waals surface area (Å²) in [6.07, 6.45) is -1.90. The standard InChI is InChI=1S/C12H20F3N3S/c1-3-5-9-10(7-16)19-11(17-9)18(6-4-2)8-12(13,14)15/h3-8,16H2,1-2H3. The number of aryl methyl sites for hydroxylation is 1. The molecule has 1 aromatic heterocycles. The van der Waals surface area contributed by atoms with Gasteiger partial charge >= 0.3 is 6.18 Å². The van der Waals surface area contributed by atoms with Gasteiger partial charge < -0.3 is 10.6 Å². The number of nitrogens with zero attached hydrogens (tertiary/aromatic N) is 2. The first-order valence-electron chi connectivity index (χ1n) is 6.41. The minimum Gasteiger partial charge on any atom is -0.339 e. The quantitative estimate of drug-likeness (QED) is 0.839. The van der Waals surface area contributed by atoms with Crippen molar-refractivity contribution in [3.63, 3.8) is 0 Å². The minimum absolute atomic E-state index is 0.332. The number of thiazole rings is 1. The van der Waals surface area contributed by atoms with Crippen LogP contribution in [0, 0.1) is 0 Å². The van der Waals surface area contributed by atoms with Crippen molar-refractivity contribution < 1.29 is 13.2 Å². The molecule has 0 saturated carbocycles. The van der Waals surface area contributed by atoms with Crippen molar-refractivity contribution in [3.8, 4) is 0 Å². The average Bonchev–Trinajstić information content (AvgIpc) is 2.70. The maximum atomic E-state index is 12.6. The lowest BCUT2D eigenvalue weighted by Crippen LogP contribution is -2.34. The first-order chi connectivity index (χ1) is 8.91. The molecule has 1 rings (SSSR count). The molecule has 0 aliphatic heterocycles. The van der Waals surface area contributed by atoms with Crippen LogP contribution in [0.15, 0.2) is 0 Å². The summed E-state index contributed by atoms with van der Waals surface area (Å²) in [6.45, 7) is 3.60. The van der Waals surface area contributed by atoms with Gasteiger partial charge in [0.15, 0.2) is 5.13 Å². The van der Waals surface area contributed by atoms with E-state index in [0.717, 1.165) is 23.4 Å². The summed E-state index contributed by atoms with van der Waals surface area (Å²) in [7, 11) is 0. The molecule has 110 valence electrons. The second-order valence-electron chi connectivity index (χ2n) is 4.36. The summed E-state index contributed by atoms with van der Waals surface area (Å²) in [5.41, 5.74) is 6.47. The van der Waals surface area contributed by atoms with Gasteiger partial charge in [-0.3, -0.25) is 0 Å². The number of halogens is 3. The van der Waals surface area contributed by atoms with Gasteiger partial charge in [-0.15, -0.1) is 11.3 Å². The zero-order valence-electron chi connectivity index (χ0n) is 11.3. The predicted octanol–water partition coefficient (Wildman–Crippen LogP) is 3.33. The molecular weight excluding hydrogens is 275 g/mol. The Bertz CT molecular complexity index is 390. The third-order valence-electron chi connectivity index (χ3n) is 2.57. The van der Waals surface area contributed by atoms with Crippen molar-refractivity contribution >= 4 is 16.5 Å². The fourth-order valence-corrected chi connectivity index (χ4v) is 2.84. The van der Waals surface area contributed by atoms with Crippen LogP contribution in [0.3, 0.4) is 0 Å². The van der Waals surface area contributed by atoms with Gasteiger partial charge in [0.25, 0.3) is 0 Å². The molecule has 0 bridgehead atoms. The summed E-state index contributed by atoms with van der Waals surface area (Å²) < 4.78 is 37.7. The van der Waals surface area contributed by atoms with E-state index in [0.29, 0.717) is 24.6 Å². The Labute approximate surface area is 115 Å². The van der Waals surface area contributed by atoms with Crippen LogP contribution in [-0.2, 0) is 13.0 Å². The second kappa shape index (κ2) is 7.09. The molecule has 7 heteroatoms. The minimum atomic E-state index is -4.21. The molecule has 0 spiro atoms. The molecule has 3 nitrogen and oxygen atoms in total. The lowest BCUT2D eigenvalue weighted by Gasteiger charge is -2.22. The normalized spacial score (nSPS) is 11.9. The third-order valence-corrected chi connectivity index (χ3v) is 3.75. The predicted molar refractivity (Wildman–Crippen MR) is 72.6 cm³/mol. The first-order valence-corrected chi connectivity index (χ1v) is 7.23. The van der Waals surface area contributed by atoms with Crippen molar-refractivity contribution in [1.29, 1.82) is 0 Å². The Hall–Kier alpha value is -0.820. The van der Waals surface area contributed by atoms with E-state index in [1.807, 2.05) is 13.8 Å². The number of alkyl halides is 3. The molecule has 0 saturated heterocycles. The monoisotopic (exact) mass is 295 g/mol. The Kier molecular flexibility index (Phi) is 6.06. The van der Waals surface area contributed by atoms with Gasteiger partial charge in [-0.1, -0.05) is 20.3 Å². The average molecular weight is 295 g/mol. The van der Waals surface area contributed by atoms with Gasteiger partial charge in [0.05, 0.1) is 5.69 Å². The molecule has 0 fully saturated rings. The Morgan fingerprint density at radius 2 is 1.95 bits per heavy atom. The topological polar surface area (TPSA) is 42.2 Å². The molecule has 0 atom stereocenters. The first kappa shape index (κ1) is 16.2. The molecule has 1 aromatic rings. The molecule has 0 aliphatic carbocycles. The van der Waals surface area contributed by atoms with Crippen LogP contribution in [0.1, 0.15) is 37.3 Å². The molecule has 0 radical (unpaired) electrons. The van der Waals surface area contributed by atoms with Gasteiger partial charge in [0, 0.05) is 18.0 Å². The number of hydrogen-bond donors (Lipinski definition) is 1. The van der Waals surface area contributed by atoms with E-state index in [4.69, 9.17) is 5.73 Å². The Morgan fingerprint density at radius 3 is 2.42 bits per heavy atom. The van der Waals surface area contributed by atoms with Gasteiger partial charge in [0.1, 0.15) is 6.54 Å². The van der Waals surface area contributed by atoms with E-state index in [2.05, 4.69) is 4.98 Å². The summed E-state index contributed by atoms with van der Waals surface area (Å²) in [4.78, 5) is 6.52. The number of anilines is 1. The Morgan fingerprint density at radius 1 is 1.26 bits per heavy atom. The van der Waals surface area contributed by atoms with E-state index in [-0.39, 0.29) is 0 Å². The van der Waals surface area contributed by atoms with E-state index in [1.54, 1.807) is 0 Å². The van der Waals surface area contributed by atoms with Crippen molar-refractivity contribution in [3.05, 3.63) is 10.6 Å². The smallest absolute Gasteiger partial charge is 0.339 e. The highest BCUT2D eigenvalue weighted by atomic mass is 32.1. The van der Waals surface area contributed by atoms with Crippen molar-refractivity contribution in [1.82, 2.24) is 4.98 Å². The largest absolute Gasteiger partial charge is 0.406 e. The molecule has 1 heterocycles. The van der Waals surface area contributed by atoms with E-state index >= 15 is 0 Å². The third kappa shape index (κ3) is 4.99. The van der Waals surface area contributed by atoms with Gasteiger partial charge in [0.2, 0.25) is 0 Å². The fourth-order valence-electron chi connectivity index (χ4n) is 1.83. The van der Waals surface area contributed by atoms with Gasteiger partial charge in [-0.05, 0) is 12.8 Å². The molecule has 0 aliphatic rings. The number of hydrogen-bond acceptors (Lipinski definition) is 4. The highest BCUT2D eigenvalue weighted by Crippen LogP contribution is 2.29. The lowest BCUT2D eigenvalue weighted by molar-refractivity contribution is -0.119. The van der Waals surface area contributed by atoms with Crippen molar-refractivity contribution in [2.45, 2.75) is 45.8 Å². The zero-order chi connectivity index (χ0) is 14.5. The summed E-state index contributed by atoms with van der Waals surface area (Å²) in [5.74, 6) is 0. The summed E-state index contributed by atoms with van der Waals surface area (Å²) in [6, 6.07) is 0. The van der Waals surface area contributed by atoms with Crippen LogP contribution in [0.2, 0.25) is 0 Å². The number of aromatic nitrogens is 1. The van der Waals surface area contributed by atoms with Crippen LogP contribution < -0.4 is 10.6 Å². The van der Waals surface area contributed by atoms with E-state index < -0.39 is 12.7 Å². The molecule has 0 amide bonds. The van der Waals surface area contributed by atoms with Crippen molar-refractivity contribution in [2.24, 2.45) is 5.73 Å². The molecule has 2 N–H and O–H groups in total. The van der Waals surface area contributed by atoms with Gasteiger partial charge in [-0.2, -0.15) is 13.2 Å². The van der Waals surface area contributed by atoms with E-state index in [9.17, 15) is 13.2 Å². The van der Waals surface area contributed by atoms with Crippen molar-refractivity contribution in [2.75, 3.05) is 18.0 Å². The molecule has 0 unspecified atom stereocenters. The summed E-state index contributed by atoms with van der Waals surface area (Å²) >= 11 is 1.28. The maximum absolute atomic E-state index is 12.6. The van der Waals surface area contributed by atoms with Crippen LogP contribution in [0.5, 0.6) is 0 Å². The highest BCUT2D eigenvalue weighted by Gasteiger charge is 2.32. The van der Waals surface area contributed by atoms with Crippen LogP contribution in [-0.4, -0.2) is 24.2 Å². The maximum Gasteiger partial charge on any atom is 0.406 e. The molecule has 0 aromatic carbocycles. The number of rotatable bonds is 7. The van der Waals surface area contributed by atoms with E-state index in [1.165, 1.54) is 16.2 Å². The zero-order valence-corrected chi connectivity index (χ0v) is 12.1. The number of nitrogens with two attached hydrogens (primary N) is 1. The molecule has 19 heavy (non-hydrogen) atoms. The lowest BCUT2D eigenvalue weighted by atomic mass is 10.2. The molecular formula is C12H20F3N3S. The Balaban J connectivity index is 2.95. The fraction of sp³-hybridized carbons (Fsp3) is 0.750. The SMILES string of the molecule is CCCc1nc(N(CCC)CC(F)(F)F)sc1CN. The van der Waals surface area contributed by atoms with Crippen LogP contribution in [0.25, 0.3) is 0 Å².